The normalized spacial score (nSPS) is 11.6. The number of aromatic amines is 2. The van der Waals surface area contributed by atoms with Gasteiger partial charge in [-0.15, -0.1) is 0 Å². The number of hydrogen-bond donors (Lipinski definition) is 2. The van der Waals surface area contributed by atoms with Gasteiger partial charge in [-0.25, -0.2) is 19.3 Å². The van der Waals surface area contributed by atoms with Crippen LogP contribution in [0, 0.1) is 5.82 Å². The van der Waals surface area contributed by atoms with Crippen molar-refractivity contribution in [3.63, 3.8) is 0 Å². The van der Waals surface area contributed by atoms with Crippen molar-refractivity contribution in [2.45, 2.75) is 0 Å². The predicted octanol–water partition coefficient (Wildman–Crippen LogP) is 4.70. The number of aromatic nitrogens is 7. The molecule has 184 valence electrons. The maximum absolute atomic E-state index is 14.5. The average Bonchev–Trinajstić information content (AvgIpc) is 3.52. The monoisotopic (exact) mass is 494 g/mol. The molecule has 0 saturated heterocycles. The molecule has 0 fully saturated rings. The number of imidazole rings is 1. The Morgan fingerprint density at radius 2 is 1.86 bits per heavy atom. The van der Waals surface area contributed by atoms with E-state index >= 15 is 0 Å². The number of hydrogen-bond acceptors (Lipinski definition) is 7. The van der Waals surface area contributed by atoms with Gasteiger partial charge in [-0.3, -0.25) is 10.1 Å². The first-order chi connectivity index (χ1) is 18.0. The number of ether oxygens (including phenoxy) is 1. The van der Waals surface area contributed by atoms with Gasteiger partial charge in [0.1, 0.15) is 23.9 Å². The van der Waals surface area contributed by atoms with Crippen LogP contribution in [0.4, 0.5) is 4.39 Å². The van der Waals surface area contributed by atoms with Gasteiger partial charge in [0, 0.05) is 42.3 Å². The summed E-state index contributed by atoms with van der Waals surface area (Å²) in [7, 11) is 3.92. The van der Waals surface area contributed by atoms with Crippen LogP contribution in [-0.4, -0.2) is 67.3 Å². The van der Waals surface area contributed by atoms with Crippen LogP contribution in [0.3, 0.4) is 0 Å². The number of rotatable bonds is 7. The second-order valence-corrected chi connectivity index (χ2v) is 8.88. The Morgan fingerprint density at radius 3 is 2.70 bits per heavy atom. The van der Waals surface area contributed by atoms with E-state index < -0.39 is 0 Å². The number of pyridine rings is 3. The molecule has 0 spiro atoms. The van der Waals surface area contributed by atoms with Crippen LogP contribution >= 0.6 is 0 Å². The third kappa shape index (κ3) is 4.50. The lowest BCUT2D eigenvalue weighted by Crippen LogP contribution is -2.19. The van der Waals surface area contributed by atoms with Crippen molar-refractivity contribution < 1.29 is 9.13 Å². The Morgan fingerprint density at radius 1 is 0.946 bits per heavy atom. The highest BCUT2D eigenvalue weighted by molar-refractivity contribution is 5.96. The molecule has 1 aromatic carbocycles. The van der Waals surface area contributed by atoms with Crippen molar-refractivity contribution in [2.24, 2.45) is 0 Å². The fourth-order valence-corrected chi connectivity index (χ4v) is 4.17. The summed E-state index contributed by atoms with van der Waals surface area (Å²) < 4.78 is 20.3. The molecule has 2 N–H and O–H groups in total. The van der Waals surface area contributed by atoms with Gasteiger partial charge in [-0.1, -0.05) is 6.07 Å². The Hall–Kier alpha value is -4.70. The molecule has 0 amide bonds. The first kappa shape index (κ1) is 22.7. The predicted molar refractivity (Wildman–Crippen MR) is 139 cm³/mol. The van der Waals surface area contributed by atoms with E-state index in [-0.39, 0.29) is 5.82 Å². The molecule has 0 aliphatic carbocycles. The molecule has 0 radical (unpaired) electrons. The maximum Gasteiger partial charge on any atom is 0.181 e. The molecule has 0 unspecified atom stereocenters. The minimum absolute atomic E-state index is 0.380. The molecule has 9 nitrogen and oxygen atoms in total. The quantitative estimate of drug-likeness (QED) is 0.331. The molecular weight excluding hydrogens is 471 g/mol. The molecule has 5 aromatic heterocycles. The van der Waals surface area contributed by atoms with Gasteiger partial charge in [0.25, 0.3) is 0 Å². The third-order valence-electron chi connectivity index (χ3n) is 5.99. The molecule has 0 saturated carbocycles. The van der Waals surface area contributed by atoms with Crippen molar-refractivity contribution in [1.29, 1.82) is 0 Å². The van der Waals surface area contributed by atoms with Crippen LogP contribution < -0.4 is 4.74 Å². The van der Waals surface area contributed by atoms with Gasteiger partial charge in [-0.05, 0) is 56.1 Å². The smallest absolute Gasteiger partial charge is 0.181 e. The van der Waals surface area contributed by atoms with E-state index in [1.165, 1.54) is 12.1 Å². The van der Waals surface area contributed by atoms with Crippen molar-refractivity contribution in [3.8, 4) is 39.7 Å². The van der Waals surface area contributed by atoms with Crippen LogP contribution in [0.2, 0.25) is 0 Å². The van der Waals surface area contributed by atoms with Gasteiger partial charge >= 0.3 is 0 Å². The highest BCUT2D eigenvalue weighted by Gasteiger charge is 2.17. The summed E-state index contributed by atoms with van der Waals surface area (Å²) in [5.74, 6) is 0.639. The summed E-state index contributed by atoms with van der Waals surface area (Å²) in [6.07, 6.45) is 5.15. The standard InChI is InChI=1S/C27H23FN8O/c1-36(2)9-10-37-19-12-16(11-18(28)14-19)20-6-8-30-26-23(20)32-27(33-26)24-21-13-17(15-31-25(21)35-34-24)22-5-3-4-7-29-22/h3-8,11-15H,9-10H2,1-2H3,(H,30,32,33)(H,31,34,35). The van der Waals surface area contributed by atoms with Crippen molar-refractivity contribution in [2.75, 3.05) is 27.2 Å². The second-order valence-electron chi connectivity index (χ2n) is 8.88. The number of fused-ring (bicyclic) bond motifs is 2. The van der Waals surface area contributed by atoms with Crippen LogP contribution in [0.25, 0.3) is 56.1 Å². The molecule has 10 heteroatoms. The first-order valence-corrected chi connectivity index (χ1v) is 11.7. The van der Waals surface area contributed by atoms with E-state index in [1.54, 1.807) is 18.6 Å². The van der Waals surface area contributed by atoms with Crippen molar-refractivity contribution in [1.82, 2.24) is 40.0 Å². The molecule has 0 atom stereocenters. The largest absolute Gasteiger partial charge is 0.492 e. The molecule has 0 aliphatic heterocycles. The molecule has 6 rings (SSSR count). The average molecular weight is 495 g/mol. The van der Waals surface area contributed by atoms with E-state index in [0.717, 1.165) is 28.8 Å². The van der Waals surface area contributed by atoms with E-state index in [0.29, 0.717) is 46.2 Å². The van der Waals surface area contributed by atoms with Gasteiger partial charge in [0.2, 0.25) is 0 Å². The van der Waals surface area contributed by atoms with Crippen molar-refractivity contribution >= 4 is 22.2 Å². The molecule has 5 heterocycles. The minimum atomic E-state index is -0.380. The maximum atomic E-state index is 14.5. The topological polar surface area (TPSA) is 108 Å². The number of halogens is 1. The number of nitrogens with zero attached hydrogens (tertiary/aromatic N) is 6. The highest BCUT2D eigenvalue weighted by atomic mass is 19.1. The number of benzene rings is 1. The first-order valence-electron chi connectivity index (χ1n) is 11.7. The zero-order valence-electron chi connectivity index (χ0n) is 20.2. The zero-order chi connectivity index (χ0) is 25.4. The fraction of sp³-hybridized carbons (Fsp3) is 0.148. The lowest BCUT2D eigenvalue weighted by atomic mass is 10.1. The van der Waals surface area contributed by atoms with E-state index in [9.17, 15) is 4.39 Å². The second kappa shape index (κ2) is 9.40. The summed E-state index contributed by atoms with van der Waals surface area (Å²) in [4.78, 5) is 23.4. The summed E-state index contributed by atoms with van der Waals surface area (Å²) >= 11 is 0. The minimum Gasteiger partial charge on any atom is -0.492 e. The Bertz CT molecular complexity index is 1710. The molecular formula is C27H23FN8O. The lowest BCUT2D eigenvalue weighted by Gasteiger charge is -2.12. The van der Waals surface area contributed by atoms with Crippen LogP contribution in [0.15, 0.2) is 67.1 Å². The zero-order valence-corrected chi connectivity index (χ0v) is 20.2. The molecule has 0 bridgehead atoms. The van der Waals surface area contributed by atoms with Gasteiger partial charge in [0.05, 0.1) is 16.6 Å². The molecule has 6 aromatic rings. The number of nitrogens with one attached hydrogen (secondary N) is 2. The summed E-state index contributed by atoms with van der Waals surface area (Å²) in [5.41, 5.74) is 5.53. The fourth-order valence-electron chi connectivity index (χ4n) is 4.17. The summed E-state index contributed by atoms with van der Waals surface area (Å²) in [6.45, 7) is 1.18. The highest BCUT2D eigenvalue weighted by Crippen LogP contribution is 2.33. The Balaban J connectivity index is 1.41. The molecule has 0 aliphatic rings. The third-order valence-corrected chi connectivity index (χ3v) is 5.99. The lowest BCUT2D eigenvalue weighted by molar-refractivity contribution is 0.260. The van der Waals surface area contributed by atoms with Crippen LogP contribution in [0.5, 0.6) is 5.75 Å². The Kier molecular flexibility index (Phi) is 5.78. The number of likely N-dealkylation sites (N-methyl/N-ethyl adjacent to an activating group) is 1. The number of H-pyrrole nitrogens is 2. The van der Waals surface area contributed by atoms with Gasteiger partial charge in [0.15, 0.2) is 17.1 Å². The van der Waals surface area contributed by atoms with E-state index in [4.69, 9.17) is 9.72 Å². The Labute approximate surface area is 211 Å². The molecule has 37 heavy (non-hydrogen) atoms. The summed E-state index contributed by atoms with van der Waals surface area (Å²) in [5, 5.41) is 8.18. The van der Waals surface area contributed by atoms with Crippen molar-refractivity contribution in [3.05, 3.63) is 72.9 Å². The summed E-state index contributed by atoms with van der Waals surface area (Å²) in [6, 6.07) is 14.2. The van der Waals surface area contributed by atoms with Crippen LogP contribution in [-0.2, 0) is 0 Å². The van der Waals surface area contributed by atoms with E-state index in [2.05, 4.69) is 30.1 Å². The van der Waals surface area contributed by atoms with Gasteiger partial charge in [-0.2, -0.15) is 5.10 Å². The SMILES string of the molecule is CN(C)CCOc1cc(F)cc(-c2ccnc3nc(-c4[nH]nc5ncc(-c6ccccn6)cc45)[nH]c23)c1. The van der Waals surface area contributed by atoms with E-state index in [1.807, 2.05) is 55.4 Å². The van der Waals surface area contributed by atoms with Crippen LogP contribution in [0.1, 0.15) is 0 Å². The van der Waals surface area contributed by atoms with Gasteiger partial charge < -0.3 is 14.6 Å².